The van der Waals surface area contributed by atoms with Gasteiger partial charge in [0.05, 0.1) is 6.61 Å². The summed E-state index contributed by atoms with van der Waals surface area (Å²) in [4.78, 5) is 42.3. The van der Waals surface area contributed by atoms with Gasteiger partial charge in [0, 0.05) is 6.42 Å². The van der Waals surface area contributed by atoms with Crippen molar-refractivity contribution in [3.63, 3.8) is 0 Å². The Morgan fingerprint density at radius 3 is 1.85 bits per heavy atom. The fourth-order valence-electron chi connectivity index (χ4n) is 1.03. The highest BCUT2D eigenvalue weighted by Crippen LogP contribution is 2.02. The van der Waals surface area contributed by atoms with Gasteiger partial charge in [0.15, 0.2) is 0 Å². The van der Waals surface area contributed by atoms with Crippen LogP contribution in [0.3, 0.4) is 0 Å². The molecule has 116 valence electrons. The molecular formula is C14H24O6. The van der Waals surface area contributed by atoms with Crippen LogP contribution in [-0.2, 0) is 23.9 Å². The van der Waals surface area contributed by atoms with Crippen LogP contribution in [0.2, 0.25) is 0 Å². The number of carboxylic acid groups (broad SMARTS) is 1. The highest BCUT2D eigenvalue weighted by Gasteiger charge is 2.18. The van der Waals surface area contributed by atoms with Crippen LogP contribution in [0.1, 0.15) is 47.5 Å². The summed E-state index contributed by atoms with van der Waals surface area (Å²) in [5.74, 6) is -3.25. The monoisotopic (exact) mass is 288 g/mol. The molecule has 0 aromatic rings. The Morgan fingerprint density at radius 2 is 1.55 bits per heavy atom. The summed E-state index contributed by atoms with van der Waals surface area (Å²) in [7, 11) is 0. The fraction of sp³-hybridized carbons (Fsp3) is 0.714. The smallest absolute Gasteiger partial charge is 0.316 e. The first-order valence-corrected chi connectivity index (χ1v) is 6.61. The van der Waals surface area contributed by atoms with Gasteiger partial charge in [0.25, 0.3) is 0 Å². The SMILES string of the molecule is CCCC(=O)C(C)C(=O)O.CCOC(=O)C(C)C(C)=O. The van der Waals surface area contributed by atoms with Crippen LogP contribution in [0.4, 0.5) is 0 Å². The molecule has 0 aromatic carbocycles. The van der Waals surface area contributed by atoms with E-state index in [2.05, 4.69) is 4.74 Å². The molecule has 20 heavy (non-hydrogen) atoms. The van der Waals surface area contributed by atoms with Crippen LogP contribution in [-0.4, -0.2) is 35.2 Å². The van der Waals surface area contributed by atoms with Crippen molar-refractivity contribution in [1.82, 2.24) is 0 Å². The van der Waals surface area contributed by atoms with Gasteiger partial charge in [0.2, 0.25) is 0 Å². The number of rotatable bonds is 7. The van der Waals surface area contributed by atoms with Crippen molar-refractivity contribution in [2.45, 2.75) is 47.5 Å². The Labute approximate surface area is 119 Å². The molecule has 0 amide bonds. The lowest BCUT2D eigenvalue weighted by atomic mass is 10.0. The molecule has 2 unspecified atom stereocenters. The molecule has 0 saturated heterocycles. The van der Waals surface area contributed by atoms with Crippen LogP contribution >= 0.6 is 0 Å². The van der Waals surface area contributed by atoms with Crippen molar-refractivity contribution >= 4 is 23.5 Å². The lowest BCUT2D eigenvalue weighted by Gasteiger charge is -2.04. The average molecular weight is 288 g/mol. The number of hydrogen-bond donors (Lipinski definition) is 1. The maximum Gasteiger partial charge on any atom is 0.316 e. The summed E-state index contributed by atoms with van der Waals surface area (Å²) < 4.78 is 4.61. The number of Topliss-reactive ketones (excluding diaryl/α,β-unsaturated/α-hetero) is 2. The van der Waals surface area contributed by atoms with E-state index < -0.39 is 23.8 Å². The third-order valence-electron chi connectivity index (χ3n) is 2.60. The molecule has 0 aliphatic heterocycles. The van der Waals surface area contributed by atoms with Crippen molar-refractivity contribution in [2.24, 2.45) is 11.8 Å². The van der Waals surface area contributed by atoms with Gasteiger partial charge in [0.1, 0.15) is 23.4 Å². The van der Waals surface area contributed by atoms with Crippen molar-refractivity contribution in [1.29, 1.82) is 0 Å². The zero-order valence-electron chi connectivity index (χ0n) is 12.8. The Bertz CT molecular complexity index is 314. The number of ketones is 2. The van der Waals surface area contributed by atoms with E-state index >= 15 is 0 Å². The fourth-order valence-corrected chi connectivity index (χ4v) is 1.03. The highest BCUT2D eigenvalue weighted by atomic mass is 16.5. The summed E-state index contributed by atoms with van der Waals surface area (Å²) in [6.45, 7) is 8.23. The number of carboxylic acids is 1. The number of ether oxygens (including phenoxy) is 1. The molecule has 6 heteroatoms. The Morgan fingerprint density at radius 1 is 1.05 bits per heavy atom. The van der Waals surface area contributed by atoms with Crippen molar-refractivity contribution in [2.75, 3.05) is 6.61 Å². The summed E-state index contributed by atoms with van der Waals surface area (Å²) >= 11 is 0. The molecule has 0 bridgehead atoms. The van der Waals surface area contributed by atoms with Crippen LogP contribution in [0.5, 0.6) is 0 Å². The molecular weight excluding hydrogens is 264 g/mol. The molecule has 0 aliphatic carbocycles. The second-order valence-corrected chi connectivity index (χ2v) is 4.36. The Balaban J connectivity index is 0. The lowest BCUT2D eigenvalue weighted by molar-refractivity contribution is -0.150. The largest absolute Gasteiger partial charge is 0.481 e. The van der Waals surface area contributed by atoms with E-state index in [4.69, 9.17) is 5.11 Å². The van der Waals surface area contributed by atoms with Gasteiger partial charge in [-0.25, -0.2) is 0 Å². The minimum Gasteiger partial charge on any atom is -0.481 e. The van der Waals surface area contributed by atoms with Gasteiger partial charge in [-0.15, -0.1) is 0 Å². The van der Waals surface area contributed by atoms with Gasteiger partial charge in [-0.3, -0.25) is 19.2 Å². The van der Waals surface area contributed by atoms with E-state index in [0.29, 0.717) is 13.0 Å². The Kier molecular flexibility index (Phi) is 11.5. The lowest BCUT2D eigenvalue weighted by Crippen LogP contribution is -2.20. The topological polar surface area (TPSA) is 97.7 Å². The second-order valence-electron chi connectivity index (χ2n) is 4.36. The quantitative estimate of drug-likeness (QED) is 0.567. The van der Waals surface area contributed by atoms with Crippen LogP contribution in [0.15, 0.2) is 0 Å². The molecule has 0 heterocycles. The average Bonchev–Trinajstić information content (AvgIpc) is 2.37. The van der Waals surface area contributed by atoms with E-state index in [-0.39, 0.29) is 11.6 Å². The molecule has 0 aliphatic rings. The van der Waals surface area contributed by atoms with E-state index in [9.17, 15) is 19.2 Å². The van der Waals surface area contributed by atoms with Crippen LogP contribution < -0.4 is 0 Å². The van der Waals surface area contributed by atoms with E-state index in [1.54, 1.807) is 13.8 Å². The van der Waals surface area contributed by atoms with Crippen LogP contribution in [0.25, 0.3) is 0 Å². The first-order chi connectivity index (χ1) is 9.18. The number of hydrogen-bond acceptors (Lipinski definition) is 5. The zero-order chi connectivity index (χ0) is 16.3. The predicted molar refractivity (Wildman–Crippen MR) is 73.2 cm³/mol. The van der Waals surface area contributed by atoms with Gasteiger partial charge in [-0.05, 0) is 34.1 Å². The van der Waals surface area contributed by atoms with Gasteiger partial charge >= 0.3 is 11.9 Å². The molecule has 0 radical (unpaired) electrons. The van der Waals surface area contributed by atoms with E-state index in [0.717, 1.165) is 6.42 Å². The molecule has 0 aromatic heterocycles. The van der Waals surface area contributed by atoms with E-state index in [1.807, 2.05) is 6.92 Å². The van der Waals surface area contributed by atoms with Crippen molar-refractivity contribution < 1.29 is 29.0 Å². The van der Waals surface area contributed by atoms with Gasteiger partial charge in [-0.2, -0.15) is 0 Å². The molecule has 0 rings (SSSR count). The molecule has 0 fully saturated rings. The minimum atomic E-state index is -1.03. The van der Waals surface area contributed by atoms with Crippen LogP contribution in [0, 0.1) is 11.8 Å². The Hall–Kier alpha value is -1.72. The first kappa shape index (κ1) is 20.6. The van der Waals surface area contributed by atoms with Crippen molar-refractivity contribution in [3.8, 4) is 0 Å². The third-order valence-corrected chi connectivity index (χ3v) is 2.60. The maximum absolute atomic E-state index is 10.8. The number of esters is 1. The van der Waals surface area contributed by atoms with E-state index in [1.165, 1.54) is 13.8 Å². The molecule has 1 N–H and O–H groups in total. The number of carbonyl (C=O) groups excluding carboxylic acids is 3. The summed E-state index contributed by atoms with van der Waals surface area (Å²) in [5, 5.41) is 8.36. The predicted octanol–water partition coefficient (Wildman–Crippen LogP) is 1.85. The standard InChI is InChI=1S/2C7H12O3/c1-4-10-7(9)5(2)6(3)8;1-3-4-6(8)5(2)7(9)10/h5H,4H2,1-3H3;5H,3-4H2,1-2H3,(H,9,10). The number of aliphatic carboxylic acids is 1. The highest BCUT2D eigenvalue weighted by molar-refractivity contribution is 5.97. The summed E-state index contributed by atoms with van der Waals surface area (Å²) in [6, 6.07) is 0. The molecule has 0 saturated carbocycles. The first-order valence-electron chi connectivity index (χ1n) is 6.61. The second kappa shape index (κ2) is 11.1. The third kappa shape index (κ3) is 9.24. The summed E-state index contributed by atoms with van der Waals surface area (Å²) in [5.41, 5.74) is 0. The molecule has 2 atom stereocenters. The number of carbonyl (C=O) groups is 4. The summed E-state index contributed by atoms with van der Waals surface area (Å²) in [6.07, 6.45) is 1.09. The van der Waals surface area contributed by atoms with Gasteiger partial charge < -0.3 is 9.84 Å². The van der Waals surface area contributed by atoms with Gasteiger partial charge in [-0.1, -0.05) is 6.92 Å². The molecule has 6 nitrogen and oxygen atoms in total. The molecule has 0 spiro atoms. The maximum atomic E-state index is 10.8. The minimum absolute atomic E-state index is 0.154. The normalized spacial score (nSPS) is 12.4. The zero-order valence-corrected chi connectivity index (χ0v) is 12.8. The van der Waals surface area contributed by atoms with Crippen molar-refractivity contribution in [3.05, 3.63) is 0 Å².